The Labute approximate surface area is 97.3 Å². The zero-order chi connectivity index (χ0) is 12.8. The van der Waals surface area contributed by atoms with Gasteiger partial charge in [-0.2, -0.15) is 0 Å². The third-order valence-electron chi connectivity index (χ3n) is 3.25. The lowest BCUT2D eigenvalue weighted by atomic mass is 9.71. The summed E-state index contributed by atoms with van der Waals surface area (Å²) in [5, 5.41) is 0. The highest BCUT2D eigenvalue weighted by molar-refractivity contribution is 6.00. The third-order valence-corrected chi connectivity index (χ3v) is 3.25. The first-order chi connectivity index (χ1) is 7.75. The lowest BCUT2D eigenvalue weighted by Gasteiger charge is -2.26. The van der Waals surface area contributed by atoms with Crippen LogP contribution in [0, 0.1) is 10.8 Å². The Kier molecular flexibility index (Phi) is 2.34. The van der Waals surface area contributed by atoms with Gasteiger partial charge in [-0.3, -0.25) is 19.2 Å². The molecule has 0 radical (unpaired) electrons. The summed E-state index contributed by atoms with van der Waals surface area (Å²) in [5.41, 5.74) is -2.09. The fraction of sp³-hybridized carbons (Fsp3) is 0.636. The van der Waals surface area contributed by atoms with E-state index in [2.05, 4.69) is 9.47 Å². The van der Waals surface area contributed by atoms with Gasteiger partial charge in [-0.25, -0.2) is 0 Å². The van der Waals surface area contributed by atoms with Gasteiger partial charge in [-0.05, 0) is 20.3 Å². The molecular formula is C11H12O6. The highest BCUT2D eigenvalue weighted by Gasteiger charge is 2.55. The molecule has 2 saturated heterocycles. The molecule has 6 nitrogen and oxygen atoms in total. The second kappa shape index (κ2) is 3.38. The fourth-order valence-corrected chi connectivity index (χ4v) is 2.44. The van der Waals surface area contributed by atoms with Crippen molar-refractivity contribution >= 4 is 23.9 Å². The van der Waals surface area contributed by atoms with Crippen LogP contribution < -0.4 is 0 Å². The summed E-state index contributed by atoms with van der Waals surface area (Å²) in [6.45, 7) is 3.11. The third kappa shape index (κ3) is 1.83. The van der Waals surface area contributed by atoms with Crippen molar-refractivity contribution in [2.24, 2.45) is 10.8 Å². The predicted molar refractivity (Wildman–Crippen MR) is 52.3 cm³/mol. The van der Waals surface area contributed by atoms with Crippen molar-refractivity contribution in [1.29, 1.82) is 0 Å². The zero-order valence-electron chi connectivity index (χ0n) is 9.57. The second-order valence-electron chi connectivity index (χ2n) is 5.17. The Morgan fingerprint density at radius 1 is 0.882 bits per heavy atom. The molecular weight excluding hydrogens is 228 g/mol. The number of cyclic esters (lactones) is 4. The van der Waals surface area contributed by atoms with Crippen LogP contribution in [0.5, 0.6) is 0 Å². The standard InChI is InChI=1S/C11H12O6/c1-10(3-6(12)16-8(10)14)5-11(2)4-7(13)17-9(11)15/h3-5H2,1-2H3. The van der Waals surface area contributed by atoms with Crippen LogP contribution in [0.4, 0.5) is 0 Å². The van der Waals surface area contributed by atoms with Crippen LogP contribution in [0.25, 0.3) is 0 Å². The molecule has 17 heavy (non-hydrogen) atoms. The number of rotatable bonds is 2. The molecule has 2 atom stereocenters. The predicted octanol–water partition coefficient (Wildman–Crippen LogP) is 0.336. The highest BCUT2D eigenvalue weighted by atomic mass is 16.6. The molecule has 2 rings (SSSR count). The van der Waals surface area contributed by atoms with Crippen molar-refractivity contribution in [1.82, 2.24) is 0 Å². The van der Waals surface area contributed by atoms with Gasteiger partial charge < -0.3 is 9.47 Å². The van der Waals surface area contributed by atoms with E-state index in [1.165, 1.54) is 0 Å². The number of carbonyl (C=O) groups excluding carboxylic acids is 4. The minimum Gasteiger partial charge on any atom is -0.393 e. The van der Waals surface area contributed by atoms with E-state index in [0.717, 1.165) is 0 Å². The van der Waals surface area contributed by atoms with Gasteiger partial charge in [-0.1, -0.05) is 0 Å². The Morgan fingerprint density at radius 3 is 1.47 bits per heavy atom. The molecule has 2 aliphatic rings. The van der Waals surface area contributed by atoms with Crippen LogP contribution >= 0.6 is 0 Å². The normalized spacial score (nSPS) is 37.3. The first-order valence-electron chi connectivity index (χ1n) is 5.25. The molecule has 92 valence electrons. The number of carbonyl (C=O) groups is 4. The quantitative estimate of drug-likeness (QED) is 0.510. The summed E-state index contributed by atoms with van der Waals surface area (Å²) in [6.07, 6.45) is -0.0546. The first-order valence-corrected chi connectivity index (χ1v) is 5.25. The number of ether oxygens (including phenoxy) is 2. The smallest absolute Gasteiger partial charge is 0.320 e. The van der Waals surface area contributed by atoms with Gasteiger partial charge in [0.05, 0.1) is 23.7 Å². The topological polar surface area (TPSA) is 86.7 Å². The van der Waals surface area contributed by atoms with Crippen molar-refractivity contribution in [2.75, 3.05) is 0 Å². The van der Waals surface area contributed by atoms with E-state index in [0.29, 0.717) is 0 Å². The first kappa shape index (κ1) is 11.8. The van der Waals surface area contributed by atoms with E-state index in [4.69, 9.17) is 0 Å². The van der Waals surface area contributed by atoms with Gasteiger partial charge in [0.2, 0.25) is 0 Å². The Bertz CT molecular complexity index is 399. The van der Waals surface area contributed by atoms with Crippen LogP contribution in [-0.2, 0) is 28.7 Å². The summed E-state index contributed by atoms with van der Waals surface area (Å²) in [7, 11) is 0. The molecule has 2 aliphatic heterocycles. The van der Waals surface area contributed by atoms with Crippen molar-refractivity contribution in [2.45, 2.75) is 33.1 Å². The molecule has 0 N–H and O–H groups in total. The van der Waals surface area contributed by atoms with Crippen molar-refractivity contribution in [3.8, 4) is 0 Å². The maximum Gasteiger partial charge on any atom is 0.320 e. The summed E-state index contributed by atoms with van der Waals surface area (Å²) >= 11 is 0. The van der Waals surface area contributed by atoms with Gasteiger partial charge in [0.15, 0.2) is 0 Å². The van der Waals surface area contributed by atoms with Crippen molar-refractivity contribution in [3.05, 3.63) is 0 Å². The SMILES string of the molecule is CC1(CC2(C)CC(=O)OC2=O)CC(=O)OC1=O. The van der Waals surface area contributed by atoms with E-state index < -0.39 is 34.7 Å². The molecule has 0 saturated carbocycles. The van der Waals surface area contributed by atoms with Crippen LogP contribution in [0.15, 0.2) is 0 Å². The number of esters is 4. The fourth-order valence-electron chi connectivity index (χ4n) is 2.44. The monoisotopic (exact) mass is 240 g/mol. The minimum atomic E-state index is -1.05. The van der Waals surface area contributed by atoms with Crippen LogP contribution in [0.3, 0.4) is 0 Å². The number of hydrogen-bond donors (Lipinski definition) is 0. The van der Waals surface area contributed by atoms with E-state index in [1.54, 1.807) is 13.8 Å². The van der Waals surface area contributed by atoms with E-state index in [1.807, 2.05) is 0 Å². The average Bonchev–Trinajstić information content (AvgIpc) is 2.51. The molecule has 0 aromatic heterocycles. The largest absolute Gasteiger partial charge is 0.393 e. The molecule has 0 aromatic rings. The van der Waals surface area contributed by atoms with Crippen molar-refractivity contribution in [3.63, 3.8) is 0 Å². The molecule has 0 amide bonds. The van der Waals surface area contributed by atoms with Crippen LogP contribution in [0.1, 0.15) is 33.1 Å². The van der Waals surface area contributed by atoms with Gasteiger partial charge in [-0.15, -0.1) is 0 Å². The summed E-state index contributed by atoms with van der Waals surface area (Å²) < 4.78 is 8.96. The molecule has 0 aliphatic carbocycles. The maximum atomic E-state index is 11.5. The van der Waals surface area contributed by atoms with E-state index in [-0.39, 0.29) is 19.3 Å². The van der Waals surface area contributed by atoms with Crippen LogP contribution in [-0.4, -0.2) is 23.9 Å². The molecule has 6 heteroatoms. The zero-order valence-corrected chi connectivity index (χ0v) is 9.57. The second-order valence-corrected chi connectivity index (χ2v) is 5.17. The molecule has 2 fully saturated rings. The maximum absolute atomic E-state index is 11.5. The Balaban J connectivity index is 2.21. The van der Waals surface area contributed by atoms with Gasteiger partial charge in [0.25, 0.3) is 0 Å². The van der Waals surface area contributed by atoms with Crippen molar-refractivity contribution < 1.29 is 28.7 Å². The highest BCUT2D eigenvalue weighted by Crippen LogP contribution is 2.45. The molecule has 2 heterocycles. The summed E-state index contributed by atoms with van der Waals surface area (Å²) in [6, 6.07) is 0. The van der Waals surface area contributed by atoms with Crippen LogP contribution in [0.2, 0.25) is 0 Å². The molecule has 0 bridgehead atoms. The molecule has 2 unspecified atom stereocenters. The molecule has 0 aromatic carbocycles. The average molecular weight is 240 g/mol. The Morgan fingerprint density at radius 2 is 1.24 bits per heavy atom. The summed E-state index contributed by atoms with van der Waals surface area (Å²) in [5.74, 6) is -2.48. The van der Waals surface area contributed by atoms with Gasteiger partial charge in [0, 0.05) is 0 Å². The van der Waals surface area contributed by atoms with Gasteiger partial charge >= 0.3 is 23.9 Å². The van der Waals surface area contributed by atoms with E-state index >= 15 is 0 Å². The summed E-state index contributed by atoms with van der Waals surface area (Å²) in [4.78, 5) is 45.2. The van der Waals surface area contributed by atoms with Gasteiger partial charge in [0.1, 0.15) is 0 Å². The molecule has 0 spiro atoms. The Hall–Kier alpha value is -1.72. The lowest BCUT2D eigenvalue weighted by molar-refractivity contribution is -0.156. The van der Waals surface area contributed by atoms with E-state index in [9.17, 15) is 19.2 Å². The number of hydrogen-bond acceptors (Lipinski definition) is 6. The minimum absolute atomic E-state index is 0.0666. The lowest BCUT2D eigenvalue weighted by Crippen LogP contribution is -2.34.